The lowest BCUT2D eigenvalue weighted by Crippen LogP contribution is -2.32. The molecule has 0 atom stereocenters. The van der Waals surface area contributed by atoms with Crippen molar-refractivity contribution in [2.24, 2.45) is 0 Å². The van der Waals surface area contributed by atoms with Crippen LogP contribution < -0.4 is 0 Å². The molecule has 0 aliphatic carbocycles. The van der Waals surface area contributed by atoms with Gasteiger partial charge in [-0.1, -0.05) is 25.4 Å². The Bertz CT molecular complexity index is 268. The fourth-order valence-electron chi connectivity index (χ4n) is 1.20. The standard InChI is InChI=1S/C9H15ClN2O/c1-3-9(13,4-2)7-12-6-8(10)5-11-12/h5-6,13H,3-4,7H2,1-2H3. The molecule has 1 rings (SSSR count). The molecule has 13 heavy (non-hydrogen) atoms. The molecule has 0 unspecified atom stereocenters. The fourth-order valence-corrected chi connectivity index (χ4v) is 1.36. The topological polar surface area (TPSA) is 38.0 Å². The molecule has 74 valence electrons. The van der Waals surface area contributed by atoms with Gasteiger partial charge in [0.2, 0.25) is 0 Å². The van der Waals surface area contributed by atoms with Gasteiger partial charge in [-0.2, -0.15) is 5.10 Å². The zero-order chi connectivity index (χ0) is 9.90. The summed E-state index contributed by atoms with van der Waals surface area (Å²) in [5, 5.41) is 14.6. The van der Waals surface area contributed by atoms with Crippen LogP contribution in [0, 0.1) is 0 Å². The number of aromatic nitrogens is 2. The van der Waals surface area contributed by atoms with Crippen molar-refractivity contribution in [1.29, 1.82) is 0 Å². The maximum absolute atomic E-state index is 9.99. The first kappa shape index (κ1) is 10.5. The first-order valence-corrected chi connectivity index (χ1v) is 4.88. The molecule has 0 saturated heterocycles. The molecular weight excluding hydrogens is 188 g/mol. The average Bonchev–Trinajstić information content (AvgIpc) is 2.51. The monoisotopic (exact) mass is 202 g/mol. The fraction of sp³-hybridized carbons (Fsp3) is 0.667. The van der Waals surface area contributed by atoms with E-state index in [1.54, 1.807) is 17.1 Å². The van der Waals surface area contributed by atoms with Gasteiger partial charge >= 0.3 is 0 Å². The van der Waals surface area contributed by atoms with Crippen LogP contribution in [0.5, 0.6) is 0 Å². The Morgan fingerprint density at radius 3 is 2.54 bits per heavy atom. The molecule has 3 nitrogen and oxygen atoms in total. The zero-order valence-corrected chi connectivity index (χ0v) is 8.75. The van der Waals surface area contributed by atoms with Crippen LogP contribution in [0.1, 0.15) is 26.7 Å². The van der Waals surface area contributed by atoms with Gasteiger partial charge in [-0.3, -0.25) is 4.68 Å². The first-order valence-electron chi connectivity index (χ1n) is 4.50. The Balaban J connectivity index is 2.67. The van der Waals surface area contributed by atoms with E-state index in [0.717, 1.165) is 12.8 Å². The van der Waals surface area contributed by atoms with Gasteiger partial charge in [-0.15, -0.1) is 0 Å². The number of hydrogen-bond donors (Lipinski definition) is 1. The Morgan fingerprint density at radius 2 is 2.15 bits per heavy atom. The van der Waals surface area contributed by atoms with Gasteiger partial charge in [0.05, 0.1) is 23.4 Å². The summed E-state index contributed by atoms with van der Waals surface area (Å²) in [5.74, 6) is 0. The van der Waals surface area contributed by atoms with Gasteiger partial charge in [0.1, 0.15) is 0 Å². The van der Waals surface area contributed by atoms with Gasteiger partial charge in [0.15, 0.2) is 0 Å². The van der Waals surface area contributed by atoms with Crippen LogP contribution in [0.4, 0.5) is 0 Å². The lowest BCUT2D eigenvalue weighted by atomic mass is 9.98. The largest absolute Gasteiger partial charge is 0.388 e. The second-order valence-corrected chi connectivity index (χ2v) is 3.72. The second kappa shape index (κ2) is 4.11. The minimum atomic E-state index is -0.657. The van der Waals surface area contributed by atoms with Crippen molar-refractivity contribution in [2.45, 2.75) is 38.8 Å². The smallest absolute Gasteiger partial charge is 0.0837 e. The SMILES string of the molecule is CCC(O)(CC)Cn1cc(Cl)cn1. The minimum Gasteiger partial charge on any atom is -0.388 e. The molecular formula is C9H15ClN2O. The zero-order valence-electron chi connectivity index (χ0n) is 8.00. The molecule has 0 fully saturated rings. The van der Waals surface area contributed by atoms with E-state index in [9.17, 15) is 5.11 Å². The summed E-state index contributed by atoms with van der Waals surface area (Å²) in [7, 11) is 0. The van der Waals surface area contributed by atoms with E-state index in [0.29, 0.717) is 11.6 Å². The number of rotatable bonds is 4. The van der Waals surface area contributed by atoms with Crippen LogP contribution >= 0.6 is 11.6 Å². The minimum absolute atomic E-state index is 0.507. The van der Waals surface area contributed by atoms with E-state index in [1.165, 1.54) is 0 Å². The van der Waals surface area contributed by atoms with Crippen molar-refractivity contribution >= 4 is 11.6 Å². The Labute approximate surface area is 83.3 Å². The second-order valence-electron chi connectivity index (χ2n) is 3.29. The number of aliphatic hydroxyl groups is 1. The van der Waals surface area contributed by atoms with Crippen LogP contribution in [-0.4, -0.2) is 20.5 Å². The highest BCUT2D eigenvalue weighted by Gasteiger charge is 2.22. The van der Waals surface area contributed by atoms with Gasteiger partial charge in [-0.25, -0.2) is 0 Å². The molecule has 0 spiro atoms. The summed E-state index contributed by atoms with van der Waals surface area (Å²) in [4.78, 5) is 0. The van der Waals surface area contributed by atoms with Crippen molar-refractivity contribution in [3.8, 4) is 0 Å². The van der Waals surface area contributed by atoms with E-state index in [2.05, 4.69) is 5.10 Å². The number of halogens is 1. The van der Waals surface area contributed by atoms with Crippen molar-refractivity contribution in [3.05, 3.63) is 17.4 Å². The van der Waals surface area contributed by atoms with Crippen molar-refractivity contribution in [3.63, 3.8) is 0 Å². The lowest BCUT2D eigenvalue weighted by Gasteiger charge is -2.24. The lowest BCUT2D eigenvalue weighted by molar-refractivity contribution is 0.0119. The highest BCUT2D eigenvalue weighted by molar-refractivity contribution is 6.30. The molecule has 1 heterocycles. The molecule has 0 saturated carbocycles. The third kappa shape index (κ3) is 2.71. The summed E-state index contributed by atoms with van der Waals surface area (Å²) in [6, 6.07) is 0. The van der Waals surface area contributed by atoms with Crippen molar-refractivity contribution < 1.29 is 5.11 Å². The van der Waals surface area contributed by atoms with Gasteiger partial charge in [-0.05, 0) is 12.8 Å². The van der Waals surface area contributed by atoms with E-state index in [4.69, 9.17) is 11.6 Å². The molecule has 0 aliphatic rings. The predicted molar refractivity (Wildman–Crippen MR) is 52.8 cm³/mol. The van der Waals surface area contributed by atoms with Gasteiger partial charge in [0, 0.05) is 6.20 Å². The molecule has 0 radical (unpaired) electrons. The molecule has 1 N–H and O–H groups in total. The Morgan fingerprint density at radius 1 is 1.54 bits per heavy atom. The predicted octanol–water partition coefficient (Wildman–Crippen LogP) is 2.09. The van der Waals surface area contributed by atoms with E-state index in [-0.39, 0.29) is 0 Å². The summed E-state index contributed by atoms with van der Waals surface area (Å²) >= 11 is 5.71. The van der Waals surface area contributed by atoms with Crippen LogP contribution in [0.2, 0.25) is 5.02 Å². The van der Waals surface area contributed by atoms with Crippen LogP contribution in [0.15, 0.2) is 12.4 Å². The number of nitrogens with zero attached hydrogens (tertiary/aromatic N) is 2. The molecule has 0 amide bonds. The van der Waals surface area contributed by atoms with Crippen LogP contribution in [0.3, 0.4) is 0 Å². The van der Waals surface area contributed by atoms with Crippen LogP contribution in [-0.2, 0) is 6.54 Å². The maximum Gasteiger partial charge on any atom is 0.0837 e. The van der Waals surface area contributed by atoms with E-state index in [1.807, 2.05) is 13.8 Å². The quantitative estimate of drug-likeness (QED) is 0.812. The highest BCUT2D eigenvalue weighted by Crippen LogP contribution is 2.17. The van der Waals surface area contributed by atoms with Gasteiger partial charge in [0.25, 0.3) is 0 Å². The summed E-state index contributed by atoms with van der Waals surface area (Å²) < 4.78 is 1.68. The summed E-state index contributed by atoms with van der Waals surface area (Å²) in [6.07, 6.45) is 4.74. The maximum atomic E-state index is 9.99. The summed E-state index contributed by atoms with van der Waals surface area (Å²) in [6.45, 7) is 4.44. The molecule has 0 bridgehead atoms. The number of hydrogen-bond acceptors (Lipinski definition) is 2. The third-order valence-electron chi connectivity index (χ3n) is 2.37. The highest BCUT2D eigenvalue weighted by atomic mass is 35.5. The van der Waals surface area contributed by atoms with E-state index < -0.39 is 5.60 Å². The molecule has 0 aliphatic heterocycles. The van der Waals surface area contributed by atoms with E-state index >= 15 is 0 Å². The van der Waals surface area contributed by atoms with Crippen molar-refractivity contribution in [1.82, 2.24) is 9.78 Å². The molecule has 4 heteroatoms. The van der Waals surface area contributed by atoms with Crippen molar-refractivity contribution in [2.75, 3.05) is 0 Å². The molecule has 1 aromatic rings. The average molecular weight is 203 g/mol. The van der Waals surface area contributed by atoms with Gasteiger partial charge < -0.3 is 5.11 Å². The first-order chi connectivity index (χ1) is 6.09. The molecule has 1 aromatic heterocycles. The third-order valence-corrected chi connectivity index (χ3v) is 2.57. The Hall–Kier alpha value is -0.540. The summed E-state index contributed by atoms with van der Waals surface area (Å²) in [5.41, 5.74) is -0.657. The molecule has 0 aromatic carbocycles. The van der Waals surface area contributed by atoms with Crippen LogP contribution in [0.25, 0.3) is 0 Å². The normalized spacial score (nSPS) is 12.0. The Kier molecular flexibility index (Phi) is 3.33.